The average molecular weight is 448 g/mol. The lowest BCUT2D eigenvalue weighted by Crippen LogP contribution is -2.40. The smallest absolute Gasteiger partial charge is 0.265 e. The largest absolute Gasteiger partial charge is 0.458 e. The van der Waals surface area contributed by atoms with Gasteiger partial charge in [-0.25, -0.2) is 12.8 Å². The van der Waals surface area contributed by atoms with Gasteiger partial charge in [0, 0.05) is 24.8 Å². The zero-order valence-electron chi connectivity index (χ0n) is 16.9. The van der Waals surface area contributed by atoms with E-state index < -0.39 is 15.8 Å². The van der Waals surface area contributed by atoms with Gasteiger partial charge in [0.15, 0.2) is 5.76 Å². The van der Waals surface area contributed by atoms with Crippen LogP contribution in [0.1, 0.15) is 21.7 Å². The second-order valence-corrected chi connectivity index (χ2v) is 8.81. The maximum absolute atomic E-state index is 13.5. The third-order valence-corrected chi connectivity index (χ3v) is 6.48. The minimum absolute atomic E-state index is 0.0937. The van der Waals surface area contributed by atoms with Crippen molar-refractivity contribution in [2.75, 3.05) is 31.0 Å². The standard InChI is InChI=1S/C20H21FN4O5S/c1-12-9-14(3-4-16(12)21)24-31(27,28)18-10-17(30-13(18)2)19-15(11-22-23-19)20(26)25-5-7-29-8-6-25/h3-4,9-11,24H,5-8H2,1-2H3,(H,22,23). The first-order valence-corrected chi connectivity index (χ1v) is 11.0. The van der Waals surface area contributed by atoms with Crippen LogP contribution in [0.2, 0.25) is 0 Å². The number of ether oxygens (including phenoxy) is 1. The van der Waals surface area contributed by atoms with E-state index in [9.17, 15) is 17.6 Å². The summed E-state index contributed by atoms with van der Waals surface area (Å²) in [5.41, 5.74) is 1.11. The van der Waals surface area contributed by atoms with Crippen LogP contribution in [0.25, 0.3) is 11.5 Å². The number of sulfonamides is 1. The van der Waals surface area contributed by atoms with E-state index in [0.29, 0.717) is 37.6 Å². The average Bonchev–Trinajstić information content (AvgIpc) is 3.37. The first-order chi connectivity index (χ1) is 14.8. The summed E-state index contributed by atoms with van der Waals surface area (Å²) in [4.78, 5) is 14.4. The van der Waals surface area contributed by atoms with E-state index in [4.69, 9.17) is 9.15 Å². The highest BCUT2D eigenvalue weighted by Crippen LogP contribution is 2.31. The van der Waals surface area contributed by atoms with Crippen LogP contribution < -0.4 is 4.72 Å². The number of amides is 1. The molecular weight excluding hydrogens is 427 g/mol. The summed E-state index contributed by atoms with van der Waals surface area (Å²) in [6, 6.07) is 5.26. The quantitative estimate of drug-likeness (QED) is 0.620. The van der Waals surface area contributed by atoms with Crippen molar-refractivity contribution < 1.29 is 26.8 Å². The summed E-state index contributed by atoms with van der Waals surface area (Å²) >= 11 is 0. The van der Waals surface area contributed by atoms with E-state index >= 15 is 0 Å². The Bertz CT molecular complexity index is 1230. The van der Waals surface area contributed by atoms with Crippen molar-refractivity contribution in [2.24, 2.45) is 0 Å². The highest BCUT2D eigenvalue weighted by Gasteiger charge is 2.27. The van der Waals surface area contributed by atoms with Crippen LogP contribution in [0.3, 0.4) is 0 Å². The summed E-state index contributed by atoms with van der Waals surface area (Å²) in [6.07, 6.45) is 1.39. The molecule has 11 heteroatoms. The molecule has 0 spiro atoms. The molecule has 31 heavy (non-hydrogen) atoms. The number of hydrogen-bond donors (Lipinski definition) is 2. The van der Waals surface area contributed by atoms with Crippen molar-refractivity contribution >= 4 is 21.6 Å². The Kier molecular flexibility index (Phi) is 5.54. The number of aromatic nitrogens is 2. The van der Waals surface area contributed by atoms with Gasteiger partial charge >= 0.3 is 0 Å². The molecule has 0 unspecified atom stereocenters. The molecule has 0 atom stereocenters. The lowest BCUT2D eigenvalue weighted by Gasteiger charge is -2.26. The second kappa shape index (κ2) is 8.16. The molecule has 1 fully saturated rings. The number of rotatable bonds is 5. The van der Waals surface area contributed by atoms with Crippen molar-refractivity contribution in [3.05, 3.63) is 53.2 Å². The summed E-state index contributed by atoms with van der Waals surface area (Å²) in [5, 5.41) is 6.65. The maximum Gasteiger partial charge on any atom is 0.265 e. The molecule has 0 bridgehead atoms. The monoisotopic (exact) mass is 448 g/mol. The number of carbonyl (C=O) groups is 1. The van der Waals surface area contributed by atoms with E-state index in [0.717, 1.165) is 0 Å². The lowest BCUT2D eigenvalue weighted by atomic mass is 10.2. The van der Waals surface area contributed by atoms with E-state index in [1.165, 1.54) is 37.4 Å². The Morgan fingerprint density at radius 3 is 2.68 bits per heavy atom. The summed E-state index contributed by atoms with van der Waals surface area (Å²) in [6.45, 7) is 4.88. The van der Waals surface area contributed by atoms with Crippen LogP contribution in [0.4, 0.5) is 10.1 Å². The molecule has 0 aliphatic carbocycles. The molecule has 2 aromatic heterocycles. The molecule has 1 saturated heterocycles. The third-order valence-electron chi connectivity index (χ3n) is 4.99. The first kappa shape index (κ1) is 21.1. The van der Waals surface area contributed by atoms with Crippen molar-refractivity contribution in [1.82, 2.24) is 15.1 Å². The third kappa shape index (κ3) is 4.19. The number of aryl methyl sites for hydroxylation is 2. The zero-order valence-corrected chi connectivity index (χ0v) is 17.8. The fraction of sp³-hybridized carbons (Fsp3) is 0.300. The number of carbonyl (C=O) groups excluding carboxylic acids is 1. The van der Waals surface area contributed by atoms with Gasteiger partial charge in [-0.2, -0.15) is 5.10 Å². The first-order valence-electron chi connectivity index (χ1n) is 9.56. The molecule has 3 heterocycles. The Hall–Kier alpha value is -3.18. The zero-order chi connectivity index (χ0) is 22.2. The molecule has 0 radical (unpaired) electrons. The number of nitrogens with one attached hydrogen (secondary N) is 2. The predicted molar refractivity (Wildman–Crippen MR) is 110 cm³/mol. The molecule has 1 aromatic carbocycles. The minimum atomic E-state index is -4.01. The van der Waals surface area contributed by atoms with Gasteiger partial charge in [-0.15, -0.1) is 0 Å². The van der Waals surface area contributed by atoms with Gasteiger partial charge in [0.2, 0.25) is 0 Å². The van der Waals surface area contributed by atoms with Crippen LogP contribution in [0, 0.1) is 19.7 Å². The summed E-state index contributed by atoms with van der Waals surface area (Å²) < 4.78 is 52.6. The van der Waals surface area contributed by atoms with Gasteiger partial charge in [0.05, 0.1) is 25.0 Å². The Morgan fingerprint density at radius 2 is 1.97 bits per heavy atom. The lowest BCUT2D eigenvalue weighted by molar-refractivity contribution is 0.0303. The Morgan fingerprint density at radius 1 is 1.23 bits per heavy atom. The molecule has 164 valence electrons. The number of furan rings is 1. The van der Waals surface area contributed by atoms with Crippen LogP contribution in [-0.4, -0.2) is 55.7 Å². The van der Waals surface area contributed by atoms with Crippen molar-refractivity contribution in [3.8, 4) is 11.5 Å². The van der Waals surface area contributed by atoms with Crippen LogP contribution in [0.15, 0.2) is 39.8 Å². The van der Waals surface area contributed by atoms with Crippen LogP contribution in [0.5, 0.6) is 0 Å². The van der Waals surface area contributed by atoms with E-state index in [1.54, 1.807) is 11.8 Å². The Labute approximate surface area is 178 Å². The topological polar surface area (TPSA) is 118 Å². The number of morpholine rings is 1. The van der Waals surface area contributed by atoms with E-state index in [1.807, 2.05) is 0 Å². The van der Waals surface area contributed by atoms with Gasteiger partial charge in [-0.05, 0) is 37.6 Å². The van der Waals surface area contributed by atoms with Gasteiger partial charge < -0.3 is 14.1 Å². The van der Waals surface area contributed by atoms with Gasteiger partial charge in [-0.3, -0.25) is 14.6 Å². The van der Waals surface area contributed by atoms with E-state index in [-0.39, 0.29) is 33.6 Å². The number of aromatic amines is 1. The number of anilines is 1. The van der Waals surface area contributed by atoms with Gasteiger partial charge in [0.1, 0.15) is 22.2 Å². The fourth-order valence-corrected chi connectivity index (χ4v) is 4.58. The molecule has 3 aromatic rings. The molecule has 9 nitrogen and oxygen atoms in total. The molecule has 1 amide bonds. The highest BCUT2D eigenvalue weighted by atomic mass is 32.2. The van der Waals surface area contributed by atoms with E-state index in [2.05, 4.69) is 14.9 Å². The maximum atomic E-state index is 13.5. The molecule has 4 rings (SSSR count). The number of benzene rings is 1. The number of halogens is 1. The van der Waals surface area contributed by atoms with Gasteiger partial charge in [0.25, 0.3) is 15.9 Å². The molecule has 1 aliphatic heterocycles. The summed E-state index contributed by atoms with van der Waals surface area (Å²) in [7, 11) is -4.01. The molecule has 1 aliphatic rings. The molecule has 0 saturated carbocycles. The van der Waals surface area contributed by atoms with Crippen molar-refractivity contribution in [3.63, 3.8) is 0 Å². The predicted octanol–water partition coefficient (Wildman–Crippen LogP) is 2.70. The highest BCUT2D eigenvalue weighted by molar-refractivity contribution is 7.92. The van der Waals surface area contributed by atoms with Crippen LogP contribution in [-0.2, 0) is 14.8 Å². The number of hydrogen-bond acceptors (Lipinski definition) is 6. The van der Waals surface area contributed by atoms with Crippen molar-refractivity contribution in [2.45, 2.75) is 18.7 Å². The van der Waals surface area contributed by atoms with Crippen molar-refractivity contribution in [1.29, 1.82) is 0 Å². The Balaban J connectivity index is 1.63. The molecular formula is C20H21FN4O5S. The fourth-order valence-electron chi connectivity index (χ4n) is 3.35. The molecule has 2 N–H and O–H groups in total. The second-order valence-electron chi connectivity index (χ2n) is 7.16. The summed E-state index contributed by atoms with van der Waals surface area (Å²) in [5.74, 6) is -0.366. The SMILES string of the molecule is Cc1cc(NS(=O)(=O)c2cc(-c3[nH]ncc3C(=O)N3CCOCC3)oc2C)ccc1F. The van der Waals surface area contributed by atoms with Gasteiger partial charge in [-0.1, -0.05) is 0 Å². The van der Waals surface area contributed by atoms with Crippen LogP contribution >= 0.6 is 0 Å². The minimum Gasteiger partial charge on any atom is -0.458 e. The number of H-pyrrole nitrogens is 1. The number of nitrogens with zero attached hydrogens (tertiary/aromatic N) is 2. The normalized spacial score (nSPS) is 14.6.